The van der Waals surface area contributed by atoms with Gasteiger partial charge in [0.25, 0.3) is 0 Å². The Kier molecular flexibility index (Phi) is 2.28. The highest BCUT2D eigenvalue weighted by Gasteiger charge is 2.47. The molecule has 0 saturated heterocycles. The van der Waals surface area contributed by atoms with E-state index in [-0.39, 0.29) is 12.8 Å². The predicted octanol–water partition coefficient (Wildman–Crippen LogP) is 0.759. The van der Waals surface area contributed by atoms with Gasteiger partial charge in [0.1, 0.15) is 5.92 Å². The molecule has 0 radical (unpaired) electrons. The third kappa shape index (κ3) is 1.79. The zero-order valence-corrected chi connectivity index (χ0v) is 6.97. The van der Waals surface area contributed by atoms with E-state index in [4.69, 9.17) is 0 Å². The van der Waals surface area contributed by atoms with Crippen molar-refractivity contribution in [2.45, 2.75) is 25.7 Å². The van der Waals surface area contributed by atoms with Crippen LogP contribution in [0.15, 0.2) is 0 Å². The van der Waals surface area contributed by atoms with Gasteiger partial charge >= 0.3 is 5.92 Å². The van der Waals surface area contributed by atoms with Crippen molar-refractivity contribution in [2.24, 2.45) is 5.92 Å². The normalized spacial score (nSPS) is 19.6. The molecule has 0 aliphatic heterocycles. The third-order valence-corrected chi connectivity index (χ3v) is 1.96. The van der Waals surface area contributed by atoms with E-state index in [2.05, 4.69) is 0 Å². The molecule has 0 unspecified atom stereocenters. The van der Waals surface area contributed by atoms with E-state index in [0.717, 1.165) is 0 Å². The number of alkyl halides is 2. The molecule has 0 spiro atoms. The SMILES string of the molecule is CC(F)(F)C(=O)C1C(=O)CCC1=O. The first-order valence-electron chi connectivity index (χ1n) is 3.81. The summed E-state index contributed by atoms with van der Waals surface area (Å²) in [6.45, 7) is 0.397. The minimum atomic E-state index is -3.60. The first-order valence-corrected chi connectivity index (χ1v) is 3.81. The van der Waals surface area contributed by atoms with Gasteiger partial charge in [-0.25, -0.2) is 0 Å². The molecule has 72 valence electrons. The van der Waals surface area contributed by atoms with Crippen LogP contribution in [0.5, 0.6) is 0 Å². The fourth-order valence-electron chi connectivity index (χ4n) is 1.26. The van der Waals surface area contributed by atoms with Crippen molar-refractivity contribution in [1.29, 1.82) is 0 Å². The molecule has 0 N–H and O–H groups in total. The van der Waals surface area contributed by atoms with Crippen molar-refractivity contribution < 1.29 is 23.2 Å². The van der Waals surface area contributed by atoms with E-state index in [1.165, 1.54) is 0 Å². The van der Waals surface area contributed by atoms with Crippen molar-refractivity contribution in [3.63, 3.8) is 0 Å². The van der Waals surface area contributed by atoms with E-state index < -0.39 is 29.2 Å². The van der Waals surface area contributed by atoms with Crippen LogP contribution in [-0.4, -0.2) is 23.3 Å². The molecule has 0 aromatic heterocycles. The van der Waals surface area contributed by atoms with Crippen LogP contribution >= 0.6 is 0 Å². The molecule has 1 aliphatic rings. The highest BCUT2D eigenvalue weighted by Crippen LogP contribution is 2.26. The lowest BCUT2D eigenvalue weighted by Gasteiger charge is -2.11. The number of hydrogen-bond acceptors (Lipinski definition) is 3. The molecule has 1 fully saturated rings. The second-order valence-electron chi connectivity index (χ2n) is 3.12. The van der Waals surface area contributed by atoms with Crippen LogP contribution in [0.3, 0.4) is 0 Å². The van der Waals surface area contributed by atoms with Crippen LogP contribution in [0, 0.1) is 5.92 Å². The Bertz CT molecular complexity index is 262. The van der Waals surface area contributed by atoms with E-state index in [0.29, 0.717) is 6.92 Å². The number of halogens is 2. The molecule has 0 aromatic rings. The van der Waals surface area contributed by atoms with Crippen LogP contribution in [0.2, 0.25) is 0 Å². The Morgan fingerprint density at radius 3 is 2.00 bits per heavy atom. The molecule has 1 saturated carbocycles. The molecule has 13 heavy (non-hydrogen) atoms. The Balaban J connectivity index is 2.89. The molecular weight excluding hydrogens is 182 g/mol. The summed E-state index contributed by atoms with van der Waals surface area (Å²) in [5, 5.41) is 0. The summed E-state index contributed by atoms with van der Waals surface area (Å²) in [5.41, 5.74) is 0. The largest absolute Gasteiger partial charge is 0.303 e. The van der Waals surface area contributed by atoms with Crippen LogP contribution in [0.4, 0.5) is 8.78 Å². The topological polar surface area (TPSA) is 51.2 Å². The molecule has 3 nitrogen and oxygen atoms in total. The van der Waals surface area contributed by atoms with Crippen molar-refractivity contribution >= 4 is 17.3 Å². The van der Waals surface area contributed by atoms with E-state index in [1.54, 1.807) is 0 Å². The fourth-order valence-corrected chi connectivity index (χ4v) is 1.26. The van der Waals surface area contributed by atoms with Gasteiger partial charge in [-0.2, -0.15) is 8.78 Å². The average Bonchev–Trinajstić information content (AvgIpc) is 2.28. The summed E-state index contributed by atoms with van der Waals surface area (Å²) in [6.07, 6.45) is -0.184. The zero-order chi connectivity index (χ0) is 10.2. The number of hydrogen-bond donors (Lipinski definition) is 0. The maximum Gasteiger partial charge on any atom is 0.303 e. The average molecular weight is 190 g/mol. The number of ketones is 3. The Morgan fingerprint density at radius 1 is 1.31 bits per heavy atom. The van der Waals surface area contributed by atoms with Crippen molar-refractivity contribution in [1.82, 2.24) is 0 Å². The Labute approximate surface area is 73.1 Å². The highest BCUT2D eigenvalue weighted by molar-refractivity contribution is 6.24. The molecule has 1 aliphatic carbocycles. The smallest absolute Gasteiger partial charge is 0.298 e. The third-order valence-electron chi connectivity index (χ3n) is 1.96. The van der Waals surface area contributed by atoms with Crippen LogP contribution < -0.4 is 0 Å². The second kappa shape index (κ2) is 2.97. The number of carbonyl (C=O) groups is 3. The fraction of sp³-hybridized carbons (Fsp3) is 0.625. The van der Waals surface area contributed by atoms with Gasteiger partial charge in [0.2, 0.25) is 5.78 Å². The first-order chi connectivity index (χ1) is 5.84. The number of carbonyl (C=O) groups excluding carboxylic acids is 3. The van der Waals surface area contributed by atoms with Gasteiger partial charge in [-0.1, -0.05) is 0 Å². The summed E-state index contributed by atoms with van der Waals surface area (Å²) < 4.78 is 24.9. The quantitative estimate of drug-likeness (QED) is 0.604. The lowest BCUT2D eigenvalue weighted by atomic mass is 9.97. The lowest BCUT2D eigenvalue weighted by Crippen LogP contribution is -2.37. The molecule has 1 rings (SSSR count). The molecule has 0 amide bonds. The summed E-state index contributed by atoms with van der Waals surface area (Å²) >= 11 is 0. The van der Waals surface area contributed by atoms with Crippen molar-refractivity contribution in [3.05, 3.63) is 0 Å². The van der Waals surface area contributed by atoms with E-state index in [1.807, 2.05) is 0 Å². The first kappa shape index (κ1) is 9.95. The molecule has 0 heterocycles. The van der Waals surface area contributed by atoms with Gasteiger partial charge in [0.05, 0.1) is 0 Å². The second-order valence-corrected chi connectivity index (χ2v) is 3.12. The van der Waals surface area contributed by atoms with Gasteiger partial charge in [0, 0.05) is 19.8 Å². The summed E-state index contributed by atoms with van der Waals surface area (Å²) in [6, 6.07) is 0. The van der Waals surface area contributed by atoms with E-state index >= 15 is 0 Å². The maximum absolute atomic E-state index is 12.5. The maximum atomic E-state index is 12.5. The molecular formula is C8H8F2O3. The minimum absolute atomic E-state index is 0.0919. The van der Waals surface area contributed by atoms with Crippen LogP contribution in [0.25, 0.3) is 0 Å². The predicted molar refractivity (Wildman–Crippen MR) is 38.4 cm³/mol. The van der Waals surface area contributed by atoms with Crippen molar-refractivity contribution in [3.8, 4) is 0 Å². The molecule has 5 heteroatoms. The van der Waals surface area contributed by atoms with Gasteiger partial charge in [-0.3, -0.25) is 14.4 Å². The zero-order valence-electron chi connectivity index (χ0n) is 6.97. The van der Waals surface area contributed by atoms with Crippen LogP contribution in [0.1, 0.15) is 19.8 Å². The highest BCUT2D eigenvalue weighted by atomic mass is 19.3. The van der Waals surface area contributed by atoms with Crippen molar-refractivity contribution in [2.75, 3.05) is 0 Å². The number of Topliss-reactive ketones (excluding diaryl/α,β-unsaturated/α-hetero) is 3. The summed E-state index contributed by atoms with van der Waals surface area (Å²) in [7, 11) is 0. The molecule has 0 bridgehead atoms. The lowest BCUT2D eigenvalue weighted by molar-refractivity contribution is -0.150. The summed E-state index contributed by atoms with van der Waals surface area (Å²) in [4.78, 5) is 32.7. The summed E-state index contributed by atoms with van der Waals surface area (Å²) in [5.74, 6) is -8.24. The van der Waals surface area contributed by atoms with Gasteiger partial charge in [-0.15, -0.1) is 0 Å². The van der Waals surface area contributed by atoms with Gasteiger partial charge < -0.3 is 0 Å². The minimum Gasteiger partial charge on any atom is -0.298 e. The molecule has 0 atom stereocenters. The Morgan fingerprint density at radius 2 is 1.69 bits per heavy atom. The van der Waals surface area contributed by atoms with E-state index in [9.17, 15) is 23.2 Å². The van der Waals surface area contributed by atoms with Crippen LogP contribution in [-0.2, 0) is 14.4 Å². The van der Waals surface area contributed by atoms with Gasteiger partial charge in [-0.05, 0) is 0 Å². The standard InChI is InChI=1S/C8H8F2O3/c1-8(9,10)7(13)6-4(11)2-3-5(6)12/h6H,2-3H2,1H3. The monoisotopic (exact) mass is 190 g/mol. The Hall–Kier alpha value is -1.13. The van der Waals surface area contributed by atoms with Gasteiger partial charge in [0.15, 0.2) is 11.6 Å². The molecule has 0 aromatic carbocycles. The number of rotatable bonds is 2.